The van der Waals surface area contributed by atoms with Gasteiger partial charge in [0.1, 0.15) is 5.75 Å². The van der Waals surface area contributed by atoms with Crippen LogP contribution in [0.1, 0.15) is 44.6 Å². The van der Waals surface area contributed by atoms with E-state index in [2.05, 4.69) is 17.1 Å². The van der Waals surface area contributed by atoms with E-state index in [9.17, 15) is 4.79 Å². The van der Waals surface area contributed by atoms with Gasteiger partial charge >= 0.3 is 0 Å². The number of ether oxygens (including phenoxy) is 2. The lowest BCUT2D eigenvalue weighted by Crippen LogP contribution is -2.44. The van der Waals surface area contributed by atoms with E-state index in [1.54, 1.807) is 0 Å². The predicted octanol–water partition coefficient (Wildman–Crippen LogP) is 4.87. The van der Waals surface area contributed by atoms with Gasteiger partial charge < -0.3 is 19.7 Å². The topological polar surface area (TPSA) is 50.8 Å². The second kappa shape index (κ2) is 11.0. The molecule has 4 rings (SSSR count). The smallest absolute Gasteiger partial charge is 0.235 e. The molecule has 0 aromatic heterocycles. The van der Waals surface area contributed by atoms with Crippen molar-refractivity contribution in [1.82, 2.24) is 4.90 Å². The van der Waals surface area contributed by atoms with Gasteiger partial charge in [0, 0.05) is 32.0 Å². The van der Waals surface area contributed by atoms with Crippen molar-refractivity contribution in [2.45, 2.75) is 44.4 Å². The zero-order valence-corrected chi connectivity index (χ0v) is 19.2. The Labute approximate surface area is 192 Å². The number of carbonyl (C=O) groups excluding carboxylic acids is 1. The van der Waals surface area contributed by atoms with Crippen molar-refractivity contribution < 1.29 is 14.3 Å². The van der Waals surface area contributed by atoms with Crippen molar-refractivity contribution in [2.24, 2.45) is 5.92 Å². The van der Waals surface area contributed by atoms with Crippen molar-refractivity contribution in [2.75, 3.05) is 44.8 Å². The number of anilines is 1. The molecule has 2 aliphatic rings. The van der Waals surface area contributed by atoms with Crippen LogP contribution in [0.15, 0.2) is 54.6 Å². The Morgan fingerprint density at radius 2 is 1.88 bits per heavy atom. The predicted molar refractivity (Wildman–Crippen MR) is 128 cm³/mol. The molecule has 0 radical (unpaired) electrons. The Morgan fingerprint density at radius 3 is 2.59 bits per heavy atom. The highest BCUT2D eigenvalue weighted by Crippen LogP contribution is 2.36. The second-order valence-electron chi connectivity index (χ2n) is 9.29. The minimum absolute atomic E-state index is 0.0384. The highest BCUT2D eigenvalue weighted by Gasteiger charge is 2.41. The molecular weight excluding hydrogens is 400 g/mol. The number of rotatable bonds is 8. The average Bonchev–Trinajstić information content (AvgIpc) is 2.84. The van der Waals surface area contributed by atoms with Crippen LogP contribution < -0.4 is 10.1 Å². The minimum atomic E-state index is -0.541. The molecule has 2 aromatic rings. The fourth-order valence-corrected chi connectivity index (χ4v) is 4.98. The fourth-order valence-electron chi connectivity index (χ4n) is 4.98. The summed E-state index contributed by atoms with van der Waals surface area (Å²) in [7, 11) is 0. The summed E-state index contributed by atoms with van der Waals surface area (Å²) >= 11 is 0. The van der Waals surface area contributed by atoms with Crippen LogP contribution in [-0.2, 0) is 14.9 Å². The molecule has 5 heteroatoms. The molecule has 1 N–H and O–H groups in total. The molecule has 0 bridgehead atoms. The highest BCUT2D eigenvalue weighted by atomic mass is 16.5. The summed E-state index contributed by atoms with van der Waals surface area (Å²) in [6, 6.07) is 17.8. The molecule has 0 saturated carbocycles. The molecule has 2 fully saturated rings. The van der Waals surface area contributed by atoms with Crippen LogP contribution in [0.5, 0.6) is 5.75 Å². The van der Waals surface area contributed by atoms with Crippen LogP contribution in [0.25, 0.3) is 0 Å². The van der Waals surface area contributed by atoms with E-state index in [4.69, 9.17) is 9.47 Å². The Kier molecular flexibility index (Phi) is 7.82. The van der Waals surface area contributed by atoms with Crippen LogP contribution in [0.3, 0.4) is 0 Å². The van der Waals surface area contributed by atoms with Gasteiger partial charge in [0.25, 0.3) is 0 Å². The maximum atomic E-state index is 13.4. The first-order chi connectivity index (χ1) is 15.7. The number of hydrogen-bond donors (Lipinski definition) is 1. The maximum Gasteiger partial charge on any atom is 0.235 e. The zero-order valence-electron chi connectivity index (χ0n) is 19.2. The lowest BCUT2D eigenvalue weighted by molar-refractivity contribution is -0.125. The van der Waals surface area contributed by atoms with Crippen LogP contribution in [0.4, 0.5) is 5.69 Å². The number of nitrogens with zero attached hydrogens (tertiary/aromatic N) is 1. The summed E-state index contributed by atoms with van der Waals surface area (Å²) in [5, 5.41) is 3.14. The molecule has 32 heavy (non-hydrogen) atoms. The number of nitrogens with one attached hydrogen (secondary N) is 1. The van der Waals surface area contributed by atoms with Crippen molar-refractivity contribution in [3.05, 3.63) is 60.2 Å². The van der Waals surface area contributed by atoms with Crippen molar-refractivity contribution in [3.63, 3.8) is 0 Å². The van der Waals surface area contributed by atoms with E-state index in [1.165, 1.54) is 25.9 Å². The lowest BCUT2D eigenvalue weighted by atomic mass is 9.73. The highest BCUT2D eigenvalue weighted by molar-refractivity contribution is 5.99. The summed E-state index contributed by atoms with van der Waals surface area (Å²) in [5.74, 6) is 1.70. The SMILES string of the molecule is C[C@H]1CCCN(CCCOc2ccc(NC(=O)C3(c4ccccc4)CCOCC3)cc2)C1. The third-order valence-corrected chi connectivity index (χ3v) is 6.85. The van der Waals surface area contributed by atoms with Gasteiger partial charge in [-0.25, -0.2) is 0 Å². The van der Waals surface area contributed by atoms with E-state index >= 15 is 0 Å². The van der Waals surface area contributed by atoms with Crippen molar-refractivity contribution in [1.29, 1.82) is 0 Å². The first-order valence-corrected chi connectivity index (χ1v) is 12.1. The Morgan fingerprint density at radius 1 is 1.12 bits per heavy atom. The number of hydrogen-bond acceptors (Lipinski definition) is 4. The zero-order chi connectivity index (χ0) is 22.2. The molecule has 2 aromatic carbocycles. The first kappa shape index (κ1) is 22.8. The molecule has 2 saturated heterocycles. The van der Waals surface area contributed by atoms with Gasteiger partial charge in [-0.15, -0.1) is 0 Å². The third kappa shape index (κ3) is 5.70. The van der Waals surface area contributed by atoms with E-state index < -0.39 is 5.41 Å². The summed E-state index contributed by atoms with van der Waals surface area (Å²) in [6.45, 7) is 7.79. The molecule has 2 heterocycles. The number of benzene rings is 2. The molecule has 0 spiro atoms. The molecular formula is C27H36N2O3. The number of amides is 1. The largest absolute Gasteiger partial charge is 0.494 e. The lowest BCUT2D eigenvalue weighted by Gasteiger charge is -2.36. The van der Waals surface area contributed by atoms with E-state index in [1.807, 2.05) is 54.6 Å². The van der Waals surface area contributed by atoms with E-state index in [0.717, 1.165) is 35.9 Å². The summed E-state index contributed by atoms with van der Waals surface area (Å²) in [4.78, 5) is 15.9. The fraction of sp³-hybridized carbons (Fsp3) is 0.519. The van der Waals surface area contributed by atoms with E-state index in [0.29, 0.717) is 32.7 Å². The van der Waals surface area contributed by atoms with Gasteiger partial charge in [0.05, 0.1) is 12.0 Å². The van der Waals surface area contributed by atoms with Gasteiger partial charge in [-0.2, -0.15) is 0 Å². The summed E-state index contributed by atoms with van der Waals surface area (Å²) < 4.78 is 11.5. The molecule has 2 aliphatic heterocycles. The number of likely N-dealkylation sites (tertiary alicyclic amines) is 1. The minimum Gasteiger partial charge on any atom is -0.494 e. The second-order valence-corrected chi connectivity index (χ2v) is 9.29. The Bertz CT molecular complexity index is 847. The van der Waals surface area contributed by atoms with Crippen LogP contribution in [-0.4, -0.2) is 50.3 Å². The van der Waals surface area contributed by atoms with Crippen LogP contribution >= 0.6 is 0 Å². The monoisotopic (exact) mass is 436 g/mol. The van der Waals surface area contributed by atoms with Gasteiger partial charge in [-0.1, -0.05) is 37.3 Å². The van der Waals surface area contributed by atoms with Crippen molar-refractivity contribution in [3.8, 4) is 5.75 Å². The first-order valence-electron chi connectivity index (χ1n) is 12.1. The third-order valence-electron chi connectivity index (χ3n) is 6.85. The Hall–Kier alpha value is -2.37. The number of carbonyl (C=O) groups is 1. The quantitative estimate of drug-likeness (QED) is 0.600. The molecule has 1 amide bonds. The van der Waals surface area contributed by atoms with E-state index in [-0.39, 0.29) is 5.91 Å². The maximum absolute atomic E-state index is 13.4. The molecule has 0 aliphatic carbocycles. The van der Waals surface area contributed by atoms with Crippen LogP contribution in [0, 0.1) is 5.92 Å². The number of piperidine rings is 1. The molecule has 0 unspecified atom stereocenters. The van der Waals surface area contributed by atoms with Crippen molar-refractivity contribution >= 4 is 11.6 Å². The molecule has 5 nitrogen and oxygen atoms in total. The molecule has 172 valence electrons. The van der Waals surface area contributed by atoms with Gasteiger partial charge in [0.15, 0.2) is 0 Å². The standard InChI is InChI=1S/C27H36N2O3/c1-22-7-5-16-29(21-22)17-6-18-32-25-12-10-24(11-13-25)28-26(30)27(14-19-31-20-15-27)23-8-3-2-4-9-23/h2-4,8-13,22H,5-7,14-21H2,1H3,(H,28,30)/t22-/m0/s1. The van der Waals surface area contributed by atoms with Crippen LogP contribution in [0.2, 0.25) is 0 Å². The Balaban J connectivity index is 1.29. The van der Waals surface area contributed by atoms with Gasteiger partial charge in [-0.3, -0.25) is 4.79 Å². The van der Waals surface area contributed by atoms with Gasteiger partial charge in [0.2, 0.25) is 5.91 Å². The molecule has 1 atom stereocenters. The normalized spacial score (nSPS) is 21.1. The van der Waals surface area contributed by atoms with Gasteiger partial charge in [-0.05, 0) is 74.4 Å². The summed E-state index contributed by atoms with van der Waals surface area (Å²) in [6.07, 6.45) is 5.09. The summed E-state index contributed by atoms with van der Waals surface area (Å²) in [5.41, 5.74) is 1.32. The average molecular weight is 437 g/mol.